The lowest BCUT2D eigenvalue weighted by molar-refractivity contribution is -0.172. The predicted molar refractivity (Wildman–Crippen MR) is 143 cm³/mol. The summed E-state index contributed by atoms with van der Waals surface area (Å²) < 4.78 is 23.0. The third-order valence-corrected chi connectivity index (χ3v) is 8.22. The van der Waals surface area contributed by atoms with Gasteiger partial charge in [-0.05, 0) is 18.2 Å². The highest BCUT2D eigenvalue weighted by atomic mass is 35.5. The average molecular weight is 630 g/mol. The molecule has 0 saturated carbocycles. The van der Waals surface area contributed by atoms with E-state index in [-0.39, 0.29) is 51.1 Å². The fourth-order valence-corrected chi connectivity index (χ4v) is 6.31. The molecule has 0 N–H and O–H groups in total. The Morgan fingerprint density at radius 2 is 1.70 bits per heavy atom. The van der Waals surface area contributed by atoms with Gasteiger partial charge in [0.05, 0.1) is 33.0 Å². The number of rotatable bonds is 4. The summed E-state index contributed by atoms with van der Waals surface area (Å²) in [7, 11) is 0. The van der Waals surface area contributed by atoms with E-state index in [2.05, 4.69) is 0 Å². The Kier molecular flexibility index (Phi) is 6.93. The van der Waals surface area contributed by atoms with Gasteiger partial charge in [0.2, 0.25) is 0 Å². The van der Waals surface area contributed by atoms with Gasteiger partial charge in [0.1, 0.15) is 17.6 Å². The normalized spacial score (nSPS) is 28.7. The van der Waals surface area contributed by atoms with Crippen LogP contribution in [-0.4, -0.2) is 53.0 Å². The van der Waals surface area contributed by atoms with Crippen LogP contribution in [0.5, 0.6) is 0 Å². The molecular formula is C29H21Cl2NO11. The van der Waals surface area contributed by atoms with Crippen molar-refractivity contribution in [3.8, 4) is 0 Å². The molecule has 5 atom stereocenters. The number of halogens is 2. The van der Waals surface area contributed by atoms with E-state index in [1.807, 2.05) is 0 Å². The Bertz CT molecular complexity index is 1640. The number of hydrogen-bond donors (Lipinski definition) is 0. The lowest BCUT2D eigenvalue weighted by Gasteiger charge is -2.50. The summed E-state index contributed by atoms with van der Waals surface area (Å²) in [5, 5.41) is 0.572. The van der Waals surface area contributed by atoms with Gasteiger partial charge in [-0.2, -0.15) is 0 Å². The minimum absolute atomic E-state index is 0.0207. The first-order valence-corrected chi connectivity index (χ1v) is 13.8. The van der Waals surface area contributed by atoms with Crippen LogP contribution in [0, 0.1) is 11.8 Å². The van der Waals surface area contributed by atoms with Crippen LogP contribution in [-0.2, 0) is 48.6 Å². The molecule has 6 rings (SSSR count). The van der Waals surface area contributed by atoms with Crippen molar-refractivity contribution in [2.24, 2.45) is 11.8 Å². The number of fused-ring (bicyclic) bond motifs is 6. The molecule has 5 unspecified atom stereocenters. The van der Waals surface area contributed by atoms with Gasteiger partial charge >= 0.3 is 23.9 Å². The SMILES string of the molecule is CC(=O)OC1=CC2OC3=CC(OC(C)=O)C(Cl)=CC3C3(OC(=O)c4ccc(C(=O)ON5C(=O)CCC5=O)cc43)C2C=C1Cl. The van der Waals surface area contributed by atoms with Crippen molar-refractivity contribution in [1.82, 2.24) is 5.06 Å². The standard InChI is InChI=1S/C29H21Cl2NO11/c1-12(33)39-23-10-21-17(8-19(23)30)29(18-9-20(31)24(40-13(2)34)11-22(18)41-21)16-7-14(3-4-15(16)28(38)42-29)27(37)43-32-25(35)5-6-26(32)36/h3-4,7-11,17-18,21,24H,5-6H2,1-2H3. The predicted octanol–water partition coefficient (Wildman–Crippen LogP) is 3.44. The summed E-state index contributed by atoms with van der Waals surface area (Å²) in [6, 6.07) is 4.05. The Morgan fingerprint density at radius 1 is 0.977 bits per heavy atom. The number of hydroxylamine groups is 2. The monoisotopic (exact) mass is 629 g/mol. The maximum Gasteiger partial charge on any atom is 0.363 e. The molecule has 12 nitrogen and oxygen atoms in total. The molecule has 1 spiro atoms. The van der Waals surface area contributed by atoms with Crippen molar-refractivity contribution in [1.29, 1.82) is 0 Å². The topological polar surface area (TPSA) is 152 Å². The highest BCUT2D eigenvalue weighted by molar-refractivity contribution is 6.32. The van der Waals surface area contributed by atoms with Crippen LogP contribution in [0.1, 0.15) is 53.0 Å². The molecule has 14 heteroatoms. The maximum atomic E-state index is 13.4. The maximum absolute atomic E-state index is 13.4. The molecule has 5 aliphatic rings. The van der Waals surface area contributed by atoms with Gasteiger partial charge in [-0.25, -0.2) is 9.59 Å². The highest BCUT2D eigenvalue weighted by Gasteiger charge is 2.63. The Hall–Kier alpha value is -4.42. The van der Waals surface area contributed by atoms with E-state index < -0.39 is 65.3 Å². The van der Waals surface area contributed by atoms with Gasteiger partial charge in [-0.15, -0.1) is 5.06 Å². The zero-order chi connectivity index (χ0) is 30.8. The Balaban J connectivity index is 1.48. The molecule has 222 valence electrons. The number of amides is 2. The van der Waals surface area contributed by atoms with Crippen LogP contribution in [0.2, 0.25) is 0 Å². The van der Waals surface area contributed by atoms with Crippen LogP contribution in [0.15, 0.2) is 64.1 Å². The van der Waals surface area contributed by atoms with E-state index in [0.29, 0.717) is 5.06 Å². The number of carbonyl (C=O) groups excluding carboxylic acids is 6. The first kappa shape index (κ1) is 28.7. The zero-order valence-corrected chi connectivity index (χ0v) is 24.0. The third kappa shape index (κ3) is 4.70. The minimum atomic E-state index is -1.61. The fourth-order valence-electron chi connectivity index (χ4n) is 5.84. The summed E-state index contributed by atoms with van der Waals surface area (Å²) in [5.74, 6) is -5.76. The zero-order valence-electron chi connectivity index (χ0n) is 22.5. The van der Waals surface area contributed by atoms with Gasteiger partial charge in [0, 0.05) is 44.4 Å². The lowest BCUT2D eigenvalue weighted by atomic mass is 9.65. The second-order valence-electron chi connectivity index (χ2n) is 10.3. The number of nitrogens with zero attached hydrogens (tertiary/aromatic N) is 1. The van der Waals surface area contributed by atoms with E-state index in [1.54, 1.807) is 0 Å². The second kappa shape index (κ2) is 10.4. The van der Waals surface area contributed by atoms with Crippen LogP contribution >= 0.6 is 23.2 Å². The van der Waals surface area contributed by atoms with Gasteiger partial charge in [0.25, 0.3) is 11.8 Å². The van der Waals surface area contributed by atoms with Crippen molar-refractivity contribution in [2.45, 2.75) is 44.5 Å². The van der Waals surface area contributed by atoms with Gasteiger partial charge < -0.3 is 23.8 Å². The molecule has 2 fully saturated rings. The number of benzene rings is 1. The van der Waals surface area contributed by atoms with Crippen molar-refractivity contribution in [3.63, 3.8) is 0 Å². The van der Waals surface area contributed by atoms with Gasteiger partial charge in [-0.3, -0.25) is 19.2 Å². The average Bonchev–Trinajstić information content (AvgIpc) is 3.41. The molecule has 2 amide bonds. The lowest BCUT2D eigenvalue weighted by Crippen LogP contribution is -2.53. The van der Waals surface area contributed by atoms with Crippen molar-refractivity contribution >= 4 is 58.9 Å². The number of imide groups is 1. The number of hydrogen-bond acceptors (Lipinski definition) is 11. The van der Waals surface area contributed by atoms with Gasteiger partial charge in [0.15, 0.2) is 11.7 Å². The third-order valence-electron chi connectivity index (χ3n) is 7.56. The first-order valence-electron chi connectivity index (χ1n) is 13.1. The molecular weight excluding hydrogens is 609 g/mol. The summed E-state index contributed by atoms with van der Waals surface area (Å²) in [5.41, 5.74) is -1.33. The number of carbonyl (C=O) groups is 6. The van der Waals surface area contributed by atoms with Crippen molar-refractivity contribution in [3.05, 3.63) is 80.8 Å². The van der Waals surface area contributed by atoms with E-state index in [4.69, 9.17) is 47.0 Å². The summed E-state index contributed by atoms with van der Waals surface area (Å²) in [4.78, 5) is 79.1. The van der Waals surface area contributed by atoms with Crippen LogP contribution in [0.3, 0.4) is 0 Å². The van der Waals surface area contributed by atoms with Gasteiger partial charge in [-0.1, -0.05) is 35.4 Å². The smallest absolute Gasteiger partial charge is 0.363 e. The van der Waals surface area contributed by atoms with Crippen LogP contribution < -0.4 is 0 Å². The van der Waals surface area contributed by atoms with E-state index >= 15 is 0 Å². The Labute approximate surface area is 253 Å². The Morgan fingerprint density at radius 3 is 2.37 bits per heavy atom. The van der Waals surface area contributed by atoms with Crippen LogP contribution in [0.4, 0.5) is 0 Å². The van der Waals surface area contributed by atoms with Crippen LogP contribution in [0.25, 0.3) is 0 Å². The summed E-state index contributed by atoms with van der Waals surface area (Å²) in [6.07, 6.45) is 3.91. The molecule has 0 aromatic heterocycles. The second-order valence-corrected chi connectivity index (χ2v) is 11.1. The number of esters is 3. The first-order chi connectivity index (χ1) is 20.4. The molecule has 3 aliphatic heterocycles. The summed E-state index contributed by atoms with van der Waals surface area (Å²) in [6.45, 7) is 2.42. The number of allylic oxidation sites excluding steroid dienone is 1. The molecule has 3 heterocycles. The summed E-state index contributed by atoms with van der Waals surface area (Å²) >= 11 is 13.1. The quantitative estimate of drug-likeness (QED) is 0.273. The molecule has 0 radical (unpaired) electrons. The fraction of sp³-hybridized carbons (Fsp3) is 0.310. The number of ether oxygens (including phenoxy) is 4. The molecule has 1 aromatic carbocycles. The van der Waals surface area contributed by atoms with Crippen molar-refractivity contribution in [2.75, 3.05) is 0 Å². The van der Waals surface area contributed by atoms with Crippen molar-refractivity contribution < 1.29 is 52.6 Å². The molecule has 2 aliphatic carbocycles. The molecule has 0 bridgehead atoms. The molecule has 1 aromatic rings. The molecule has 43 heavy (non-hydrogen) atoms. The minimum Gasteiger partial charge on any atom is -0.489 e. The highest BCUT2D eigenvalue weighted by Crippen LogP contribution is 2.59. The molecule has 2 saturated heterocycles. The van der Waals surface area contributed by atoms with E-state index in [1.165, 1.54) is 56.4 Å². The largest absolute Gasteiger partial charge is 0.489 e. The van der Waals surface area contributed by atoms with E-state index in [9.17, 15) is 28.8 Å². The van der Waals surface area contributed by atoms with E-state index in [0.717, 1.165) is 0 Å².